The number of aliphatic hydroxyl groups excluding tert-OH is 1. The Morgan fingerprint density at radius 1 is 1.56 bits per heavy atom. The third-order valence-electron chi connectivity index (χ3n) is 2.92. The zero-order valence-electron chi connectivity index (χ0n) is 9.09. The Morgan fingerprint density at radius 3 is 2.94 bits per heavy atom. The summed E-state index contributed by atoms with van der Waals surface area (Å²) in [6, 6.07) is 2.37. The summed E-state index contributed by atoms with van der Waals surface area (Å²) in [7, 11) is -0.606. The van der Waals surface area contributed by atoms with Gasteiger partial charge in [0.2, 0.25) is 0 Å². The van der Waals surface area contributed by atoms with Gasteiger partial charge < -0.3 is 10.4 Å². The molecule has 0 saturated carbocycles. The van der Waals surface area contributed by atoms with E-state index in [4.69, 9.17) is 0 Å². The number of hydrogen-bond acceptors (Lipinski definition) is 4. The number of hydrogen-bond donors (Lipinski definition) is 2. The van der Waals surface area contributed by atoms with Crippen molar-refractivity contribution in [2.45, 2.75) is 25.0 Å². The first kappa shape index (κ1) is 12.2. The molecule has 1 saturated heterocycles. The van der Waals surface area contributed by atoms with Crippen LogP contribution in [0.15, 0.2) is 16.8 Å². The maximum Gasteiger partial charge on any atom is 0.0922 e. The van der Waals surface area contributed by atoms with Gasteiger partial charge in [0.25, 0.3) is 0 Å². The van der Waals surface area contributed by atoms with Crippen molar-refractivity contribution in [3.05, 3.63) is 22.4 Å². The fourth-order valence-corrected chi connectivity index (χ4v) is 3.86. The van der Waals surface area contributed by atoms with Gasteiger partial charge in [0.15, 0.2) is 0 Å². The van der Waals surface area contributed by atoms with Gasteiger partial charge in [-0.25, -0.2) is 0 Å². The summed E-state index contributed by atoms with van der Waals surface area (Å²) >= 11 is 1.60. The molecular formula is C11H17NO2S2. The van der Waals surface area contributed by atoms with Crippen LogP contribution < -0.4 is 5.32 Å². The summed E-state index contributed by atoms with van der Waals surface area (Å²) in [6.07, 6.45) is 1.50. The Kier molecular flexibility index (Phi) is 4.52. The summed E-state index contributed by atoms with van der Waals surface area (Å²) in [4.78, 5) is 0. The molecule has 2 N–H and O–H groups in total. The van der Waals surface area contributed by atoms with E-state index in [-0.39, 0.29) is 0 Å². The van der Waals surface area contributed by atoms with Crippen LogP contribution in [-0.2, 0) is 10.8 Å². The number of nitrogens with one attached hydrogen (secondary N) is 1. The van der Waals surface area contributed by atoms with E-state index in [0.29, 0.717) is 12.6 Å². The van der Waals surface area contributed by atoms with Crippen LogP contribution in [0.4, 0.5) is 0 Å². The second-order valence-corrected chi connectivity index (χ2v) is 6.58. The van der Waals surface area contributed by atoms with E-state index < -0.39 is 16.9 Å². The van der Waals surface area contributed by atoms with Gasteiger partial charge in [0, 0.05) is 34.9 Å². The molecule has 5 heteroatoms. The van der Waals surface area contributed by atoms with Crippen LogP contribution >= 0.6 is 11.3 Å². The fourth-order valence-electron chi connectivity index (χ4n) is 1.86. The SMILES string of the molecule is O=S1CCC(NCC(O)c2ccsc2)CC1. The molecule has 16 heavy (non-hydrogen) atoms. The number of thiophene rings is 1. The predicted octanol–water partition coefficient (Wildman–Crippen LogP) is 1.28. The first-order valence-corrected chi connectivity index (χ1v) is 7.97. The Morgan fingerprint density at radius 2 is 2.31 bits per heavy atom. The van der Waals surface area contributed by atoms with Crippen molar-refractivity contribution in [2.24, 2.45) is 0 Å². The zero-order valence-corrected chi connectivity index (χ0v) is 10.7. The van der Waals surface area contributed by atoms with Gasteiger partial charge in [-0.05, 0) is 35.2 Å². The Bertz CT molecular complexity index is 330. The van der Waals surface area contributed by atoms with E-state index >= 15 is 0 Å². The van der Waals surface area contributed by atoms with E-state index in [1.165, 1.54) is 0 Å². The molecule has 2 heterocycles. The quantitative estimate of drug-likeness (QED) is 0.856. The highest BCUT2D eigenvalue weighted by Crippen LogP contribution is 2.16. The molecule has 0 spiro atoms. The first-order chi connectivity index (χ1) is 7.75. The highest BCUT2D eigenvalue weighted by atomic mass is 32.2. The molecule has 0 aliphatic carbocycles. The van der Waals surface area contributed by atoms with E-state index in [0.717, 1.165) is 29.9 Å². The van der Waals surface area contributed by atoms with Crippen LogP contribution in [0, 0.1) is 0 Å². The van der Waals surface area contributed by atoms with Crippen LogP contribution in [0.25, 0.3) is 0 Å². The maximum absolute atomic E-state index is 11.2. The summed E-state index contributed by atoms with van der Waals surface area (Å²) in [5.74, 6) is 1.60. The van der Waals surface area contributed by atoms with Crippen molar-refractivity contribution in [3.8, 4) is 0 Å². The van der Waals surface area contributed by atoms with Crippen LogP contribution in [0.5, 0.6) is 0 Å². The lowest BCUT2D eigenvalue weighted by atomic mass is 10.1. The third-order valence-corrected chi connectivity index (χ3v) is 5.00. The van der Waals surface area contributed by atoms with Gasteiger partial charge >= 0.3 is 0 Å². The van der Waals surface area contributed by atoms with Crippen molar-refractivity contribution in [3.63, 3.8) is 0 Å². The van der Waals surface area contributed by atoms with Crippen LogP contribution in [0.1, 0.15) is 24.5 Å². The summed E-state index contributed by atoms with van der Waals surface area (Å²) in [6.45, 7) is 0.591. The van der Waals surface area contributed by atoms with Crippen LogP contribution in [0.3, 0.4) is 0 Å². The van der Waals surface area contributed by atoms with Crippen molar-refractivity contribution in [1.82, 2.24) is 5.32 Å². The minimum absolute atomic E-state index is 0.418. The standard InChI is InChI=1S/C11H17NO2S2/c13-11(9-1-4-15-8-9)7-12-10-2-5-16(14)6-3-10/h1,4,8,10-13H,2-3,5-7H2. The Labute approximate surface area is 102 Å². The molecule has 1 aliphatic heterocycles. The first-order valence-electron chi connectivity index (χ1n) is 5.54. The molecule has 1 fully saturated rings. The second-order valence-electron chi connectivity index (χ2n) is 4.10. The number of rotatable bonds is 4. The summed E-state index contributed by atoms with van der Waals surface area (Å²) in [5, 5.41) is 17.2. The lowest BCUT2D eigenvalue weighted by molar-refractivity contribution is 0.169. The smallest absolute Gasteiger partial charge is 0.0922 e. The lowest BCUT2D eigenvalue weighted by Gasteiger charge is -2.23. The molecule has 0 bridgehead atoms. The molecule has 0 aromatic carbocycles. The normalized spacial score (nSPS) is 27.8. The molecule has 3 nitrogen and oxygen atoms in total. The average Bonchev–Trinajstić information content (AvgIpc) is 2.81. The minimum Gasteiger partial charge on any atom is -0.387 e. The second kappa shape index (κ2) is 5.91. The molecule has 0 amide bonds. The monoisotopic (exact) mass is 259 g/mol. The summed E-state index contributed by atoms with van der Waals surface area (Å²) in [5.41, 5.74) is 0.983. The maximum atomic E-state index is 11.2. The van der Waals surface area contributed by atoms with E-state index in [1.54, 1.807) is 11.3 Å². The van der Waals surface area contributed by atoms with E-state index in [2.05, 4.69) is 5.32 Å². The molecule has 1 aliphatic rings. The van der Waals surface area contributed by atoms with E-state index in [9.17, 15) is 9.32 Å². The molecular weight excluding hydrogens is 242 g/mol. The van der Waals surface area contributed by atoms with Crippen molar-refractivity contribution < 1.29 is 9.32 Å². The zero-order chi connectivity index (χ0) is 11.4. The molecule has 2 rings (SSSR count). The van der Waals surface area contributed by atoms with Crippen molar-refractivity contribution >= 4 is 22.1 Å². The van der Waals surface area contributed by atoms with Crippen molar-refractivity contribution in [2.75, 3.05) is 18.1 Å². The predicted molar refractivity (Wildman–Crippen MR) is 68.2 cm³/mol. The highest BCUT2D eigenvalue weighted by molar-refractivity contribution is 7.85. The Balaban J connectivity index is 1.73. The number of aliphatic hydroxyl groups is 1. The highest BCUT2D eigenvalue weighted by Gasteiger charge is 2.18. The lowest BCUT2D eigenvalue weighted by Crippen LogP contribution is -2.37. The van der Waals surface area contributed by atoms with Crippen LogP contribution in [-0.4, -0.2) is 33.4 Å². The minimum atomic E-state index is -0.606. The topological polar surface area (TPSA) is 49.3 Å². The van der Waals surface area contributed by atoms with Gasteiger partial charge in [0.1, 0.15) is 0 Å². The average molecular weight is 259 g/mol. The molecule has 1 unspecified atom stereocenters. The van der Waals surface area contributed by atoms with Gasteiger partial charge in [-0.3, -0.25) is 4.21 Å². The van der Waals surface area contributed by atoms with Crippen molar-refractivity contribution in [1.29, 1.82) is 0 Å². The molecule has 90 valence electrons. The Hall–Kier alpha value is -0.230. The molecule has 0 radical (unpaired) electrons. The summed E-state index contributed by atoms with van der Waals surface area (Å²) < 4.78 is 11.2. The van der Waals surface area contributed by atoms with Gasteiger partial charge in [-0.15, -0.1) is 0 Å². The van der Waals surface area contributed by atoms with E-state index in [1.807, 2.05) is 16.8 Å². The molecule has 1 aromatic heterocycles. The molecule has 1 atom stereocenters. The fraction of sp³-hybridized carbons (Fsp3) is 0.636. The largest absolute Gasteiger partial charge is 0.387 e. The van der Waals surface area contributed by atoms with Gasteiger partial charge in [0.05, 0.1) is 6.10 Å². The van der Waals surface area contributed by atoms with Gasteiger partial charge in [-0.1, -0.05) is 0 Å². The van der Waals surface area contributed by atoms with Gasteiger partial charge in [-0.2, -0.15) is 11.3 Å². The molecule has 1 aromatic rings. The van der Waals surface area contributed by atoms with Crippen LogP contribution in [0.2, 0.25) is 0 Å². The third kappa shape index (κ3) is 3.38.